The third kappa shape index (κ3) is 2.36. The Morgan fingerprint density at radius 3 is 2.94 bits per heavy atom. The summed E-state index contributed by atoms with van der Waals surface area (Å²) in [4.78, 5) is 15.3. The number of aromatic carboxylic acids is 1. The highest BCUT2D eigenvalue weighted by atomic mass is 16.4. The molecule has 0 spiro atoms. The van der Waals surface area contributed by atoms with Crippen molar-refractivity contribution in [2.24, 2.45) is 0 Å². The van der Waals surface area contributed by atoms with Crippen LogP contribution < -0.4 is 0 Å². The molecule has 0 saturated carbocycles. The van der Waals surface area contributed by atoms with Crippen molar-refractivity contribution in [1.82, 2.24) is 9.55 Å². The van der Waals surface area contributed by atoms with Crippen LogP contribution in [0, 0.1) is 0 Å². The highest BCUT2D eigenvalue weighted by molar-refractivity contribution is 5.85. The fraction of sp³-hybridized carbons (Fsp3) is 0.231. The minimum absolute atomic E-state index is 0.290. The molecule has 0 aliphatic carbocycles. The van der Waals surface area contributed by atoms with E-state index in [-0.39, 0.29) is 5.69 Å². The van der Waals surface area contributed by atoms with Crippen molar-refractivity contribution in [3.05, 3.63) is 53.6 Å². The van der Waals surface area contributed by atoms with Gasteiger partial charge in [0, 0.05) is 12.4 Å². The lowest BCUT2D eigenvalue weighted by atomic mass is 10.1. The van der Waals surface area contributed by atoms with Gasteiger partial charge in [0.25, 0.3) is 0 Å². The molecule has 0 aromatic carbocycles. The fourth-order valence-electron chi connectivity index (χ4n) is 1.84. The zero-order valence-corrected chi connectivity index (χ0v) is 9.63. The molecule has 4 heteroatoms. The Kier molecular flexibility index (Phi) is 3.23. The summed E-state index contributed by atoms with van der Waals surface area (Å²) < 4.78 is 1.70. The molecule has 0 fully saturated rings. The SMILES string of the molecule is CCc1cccnc1Cn1cccc1C(=O)O. The quantitative estimate of drug-likeness (QED) is 0.876. The standard InChI is InChI=1S/C13H14N2O2/c1-2-10-5-3-7-14-11(10)9-15-8-4-6-12(15)13(16)17/h3-8H,2,9H2,1H3,(H,16,17). The van der Waals surface area contributed by atoms with Gasteiger partial charge >= 0.3 is 5.97 Å². The first-order valence-electron chi connectivity index (χ1n) is 5.53. The van der Waals surface area contributed by atoms with Crippen LogP contribution in [0.1, 0.15) is 28.7 Å². The minimum atomic E-state index is -0.913. The van der Waals surface area contributed by atoms with E-state index in [0.29, 0.717) is 6.54 Å². The Bertz CT molecular complexity index is 532. The van der Waals surface area contributed by atoms with Crippen molar-refractivity contribution >= 4 is 5.97 Å². The number of aromatic nitrogens is 2. The average Bonchev–Trinajstić information content (AvgIpc) is 2.78. The van der Waals surface area contributed by atoms with Crippen molar-refractivity contribution in [3.63, 3.8) is 0 Å². The number of hydrogen-bond acceptors (Lipinski definition) is 2. The number of aryl methyl sites for hydroxylation is 1. The van der Waals surface area contributed by atoms with Gasteiger partial charge in [0.1, 0.15) is 5.69 Å². The van der Waals surface area contributed by atoms with E-state index in [0.717, 1.165) is 17.7 Å². The molecule has 0 saturated heterocycles. The summed E-state index contributed by atoms with van der Waals surface area (Å²) in [6.07, 6.45) is 4.39. The number of hydrogen-bond donors (Lipinski definition) is 1. The zero-order chi connectivity index (χ0) is 12.3. The number of carboxylic acid groups (broad SMARTS) is 1. The van der Waals surface area contributed by atoms with E-state index < -0.39 is 5.97 Å². The van der Waals surface area contributed by atoms with E-state index in [4.69, 9.17) is 5.11 Å². The largest absolute Gasteiger partial charge is 0.477 e. The third-order valence-corrected chi connectivity index (χ3v) is 2.73. The highest BCUT2D eigenvalue weighted by Crippen LogP contribution is 2.11. The van der Waals surface area contributed by atoms with Gasteiger partial charge in [-0.3, -0.25) is 4.98 Å². The van der Waals surface area contributed by atoms with E-state index in [2.05, 4.69) is 11.9 Å². The molecule has 2 aromatic heterocycles. The van der Waals surface area contributed by atoms with Crippen molar-refractivity contribution in [2.45, 2.75) is 19.9 Å². The average molecular weight is 230 g/mol. The first kappa shape index (κ1) is 11.4. The normalized spacial score (nSPS) is 10.4. The molecule has 17 heavy (non-hydrogen) atoms. The fourth-order valence-corrected chi connectivity index (χ4v) is 1.84. The van der Waals surface area contributed by atoms with Gasteiger partial charge in [0.05, 0.1) is 12.2 Å². The lowest BCUT2D eigenvalue weighted by Crippen LogP contribution is -2.10. The van der Waals surface area contributed by atoms with Crippen LogP contribution in [0.4, 0.5) is 0 Å². The Morgan fingerprint density at radius 1 is 1.41 bits per heavy atom. The number of pyridine rings is 1. The first-order valence-corrected chi connectivity index (χ1v) is 5.53. The van der Waals surface area contributed by atoms with Gasteiger partial charge in [0.2, 0.25) is 0 Å². The van der Waals surface area contributed by atoms with Crippen molar-refractivity contribution in [2.75, 3.05) is 0 Å². The summed E-state index contributed by atoms with van der Waals surface area (Å²) in [5.41, 5.74) is 2.36. The van der Waals surface area contributed by atoms with Crippen molar-refractivity contribution < 1.29 is 9.90 Å². The van der Waals surface area contributed by atoms with Gasteiger partial charge in [0.15, 0.2) is 0 Å². The molecule has 1 N–H and O–H groups in total. The molecule has 0 unspecified atom stereocenters. The molecule has 0 bridgehead atoms. The third-order valence-electron chi connectivity index (χ3n) is 2.73. The van der Waals surface area contributed by atoms with Crippen LogP contribution in [-0.4, -0.2) is 20.6 Å². The van der Waals surface area contributed by atoms with Crippen LogP contribution in [0.15, 0.2) is 36.7 Å². The Balaban J connectivity index is 2.31. The molecule has 0 amide bonds. The molecular weight excluding hydrogens is 216 g/mol. The molecule has 0 atom stereocenters. The van der Waals surface area contributed by atoms with Gasteiger partial charge in [-0.15, -0.1) is 0 Å². The van der Waals surface area contributed by atoms with Gasteiger partial charge in [-0.25, -0.2) is 4.79 Å². The van der Waals surface area contributed by atoms with Crippen molar-refractivity contribution in [1.29, 1.82) is 0 Å². The molecule has 0 radical (unpaired) electrons. The number of carbonyl (C=O) groups is 1. The number of carboxylic acids is 1. The zero-order valence-electron chi connectivity index (χ0n) is 9.63. The lowest BCUT2D eigenvalue weighted by molar-refractivity contribution is 0.0685. The Labute approximate surface area is 99.5 Å². The molecule has 0 aliphatic heterocycles. The maximum Gasteiger partial charge on any atom is 0.352 e. The van der Waals surface area contributed by atoms with Gasteiger partial charge in [-0.05, 0) is 30.2 Å². The second-order valence-corrected chi connectivity index (χ2v) is 3.79. The van der Waals surface area contributed by atoms with E-state index in [1.807, 2.05) is 12.1 Å². The van der Waals surface area contributed by atoms with Crippen LogP contribution in [0.5, 0.6) is 0 Å². The van der Waals surface area contributed by atoms with Crippen LogP contribution in [0.25, 0.3) is 0 Å². The topological polar surface area (TPSA) is 55.1 Å². The molecule has 4 nitrogen and oxygen atoms in total. The second kappa shape index (κ2) is 4.82. The van der Waals surface area contributed by atoms with Crippen LogP contribution in [-0.2, 0) is 13.0 Å². The molecule has 88 valence electrons. The lowest BCUT2D eigenvalue weighted by Gasteiger charge is -2.09. The maximum atomic E-state index is 11.0. The second-order valence-electron chi connectivity index (χ2n) is 3.79. The van der Waals surface area contributed by atoms with Gasteiger partial charge in [-0.1, -0.05) is 13.0 Å². The van der Waals surface area contributed by atoms with Crippen LogP contribution >= 0.6 is 0 Å². The van der Waals surface area contributed by atoms with E-state index in [1.54, 1.807) is 29.1 Å². The predicted molar refractivity (Wildman–Crippen MR) is 64.1 cm³/mol. The van der Waals surface area contributed by atoms with E-state index >= 15 is 0 Å². The Morgan fingerprint density at radius 2 is 2.24 bits per heavy atom. The smallest absolute Gasteiger partial charge is 0.352 e. The van der Waals surface area contributed by atoms with Crippen LogP contribution in [0.3, 0.4) is 0 Å². The number of rotatable bonds is 4. The summed E-state index contributed by atoms with van der Waals surface area (Å²) in [6.45, 7) is 2.56. The summed E-state index contributed by atoms with van der Waals surface area (Å²) in [6, 6.07) is 7.25. The molecule has 2 heterocycles. The van der Waals surface area contributed by atoms with E-state index in [9.17, 15) is 4.79 Å². The van der Waals surface area contributed by atoms with Gasteiger partial charge < -0.3 is 9.67 Å². The predicted octanol–water partition coefficient (Wildman–Crippen LogP) is 2.19. The summed E-state index contributed by atoms with van der Waals surface area (Å²) in [5.74, 6) is -0.913. The van der Waals surface area contributed by atoms with Crippen LogP contribution in [0.2, 0.25) is 0 Å². The summed E-state index contributed by atoms with van der Waals surface area (Å²) in [5, 5.41) is 9.02. The Hall–Kier alpha value is -2.10. The summed E-state index contributed by atoms with van der Waals surface area (Å²) in [7, 11) is 0. The first-order chi connectivity index (χ1) is 8.22. The molecule has 0 aliphatic rings. The van der Waals surface area contributed by atoms with Gasteiger partial charge in [-0.2, -0.15) is 0 Å². The van der Waals surface area contributed by atoms with Crippen molar-refractivity contribution in [3.8, 4) is 0 Å². The molecule has 2 aromatic rings. The summed E-state index contributed by atoms with van der Waals surface area (Å²) >= 11 is 0. The van der Waals surface area contributed by atoms with E-state index in [1.165, 1.54) is 0 Å². The molecule has 2 rings (SSSR count). The highest BCUT2D eigenvalue weighted by Gasteiger charge is 2.10. The monoisotopic (exact) mass is 230 g/mol. The maximum absolute atomic E-state index is 11.0. The minimum Gasteiger partial charge on any atom is -0.477 e. The number of nitrogens with zero attached hydrogens (tertiary/aromatic N) is 2. The molecular formula is C13H14N2O2.